The van der Waals surface area contributed by atoms with Gasteiger partial charge in [-0.2, -0.15) is 0 Å². The van der Waals surface area contributed by atoms with Crippen LogP contribution in [-0.4, -0.2) is 39.9 Å². The van der Waals surface area contributed by atoms with E-state index < -0.39 is 0 Å². The number of para-hydroxylation sites is 2. The lowest BCUT2D eigenvalue weighted by Crippen LogP contribution is -2.26. The summed E-state index contributed by atoms with van der Waals surface area (Å²) in [5.41, 5.74) is 7.09. The topological polar surface area (TPSA) is 70.1 Å². The molecule has 5 aromatic rings. The molecule has 0 saturated heterocycles. The Morgan fingerprint density at radius 2 is 1.69 bits per heavy atom. The van der Waals surface area contributed by atoms with E-state index in [0.717, 1.165) is 63.3 Å². The minimum atomic E-state index is -0.278. The number of halogens is 1. The van der Waals surface area contributed by atoms with E-state index in [2.05, 4.69) is 67.3 Å². The number of amides is 2. The molecule has 0 saturated carbocycles. The highest BCUT2D eigenvalue weighted by Gasteiger charge is 2.39. The summed E-state index contributed by atoms with van der Waals surface area (Å²) in [6, 6.07) is 22.6. The number of carbonyl (C=O) groups is 2. The SMILES string of the molecule is CN1C(=O)C(c2c[nH]c3ccc(Br)cc23)=C(c2cn(CCCC3CNc4ccccc43)c3ccccc23)C1=O. The van der Waals surface area contributed by atoms with E-state index in [1.807, 2.05) is 42.6 Å². The monoisotopic (exact) mass is 578 g/mol. The summed E-state index contributed by atoms with van der Waals surface area (Å²) < 4.78 is 3.16. The lowest BCUT2D eigenvalue weighted by molar-refractivity contribution is -0.134. The second kappa shape index (κ2) is 9.27. The van der Waals surface area contributed by atoms with Gasteiger partial charge in [0.25, 0.3) is 11.8 Å². The number of hydrogen-bond acceptors (Lipinski definition) is 3. The smallest absolute Gasteiger partial charge is 0.261 e. The largest absolute Gasteiger partial charge is 0.384 e. The highest BCUT2D eigenvalue weighted by molar-refractivity contribution is 9.10. The van der Waals surface area contributed by atoms with E-state index in [-0.39, 0.29) is 11.8 Å². The lowest BCUT2D eigenvalue weighted by Gasteiger charge is -2.11. The fourth-order valence-electron chi connectivity index (χ4n) is 6.19. The Bertz CT molecular complexity index is 1830. The quantitative estimate of drug-likeness (QED) is 0.218. The van der Waals surface area contributed by atoms with Gasteiger partial charge >= 0.3 is 0 Å². The van der Waals surface area contributed by atoms with E-state index in [9.17, 15) is 9.59 Å². The molecule has 0 fully saturated rings. The minimum absolute atomic E-state index is 0.268. The second-order valence-corrected chi connectivity index (χ2v) is 11.3. The number of aromatic amines is 1. The third kappa shape index (κ3) is 3.83. The number of aryl methyl sites for hydroxylation is 1. The van der Waals surface area contributed by atoms with Crippen LogP contribution in [-0.2, 0) is 16.1 Å². The van der Waals surface area contributed by atoms with E-state index in [1.54, 1.807) is 7.05 Å². The summed E-state index contributed by atoms with van der Waals surface area (Å²) >= 11 is 3.55. The van der Waals surface area contributed by atoms with Gasteiger partial charge in [0.1, 0.15) is 0 Å². The Labute approximate surface area is 234 Å². The summed E-state index contributed by atoms with van der Waals surface area (Å²) in [4.78, 5) is 31.6. The summed E-state index contributed by atoms with van der Waals surface area (Å²) in [6.45, 7) is 1.80. The van der Waals surface area contributed by atoms with Crippen molar-refractivity contribution in [1.82, 2.24) is 14.5 Å². The number of H-pyrrole nitrogens is 1. The van der Waals surface area contributed by atoms with Gasteiger partial charge in [-0.3, -0.25) is 14.5 Å². The molecule has 39 heavy (non-hydrogen) atoms. The molecule has 7 rings (SSSR count). The molecule has 0 bridgehead atoms. The first-order chi connectivity index (χ1) is 19.0. The molecule has 2 amide bonds. The Morgan fingerprint density at radius 3 is 2.56 bits per heavy atom. The number of carbonyl (C=O) groups excluding carboxylic acids is 2. The van der Waals surface area contributed by atoms with E-state index in [0.29, 0.717) is 17.1 Å². The van der Waals surface area contributed by atoms with Crippen LogP contribution in [0.1, 0.15) is 35.4 Å². The molecule has 3 aromatic carbocycles. The van der Waals surface area contributed by atoms with Crippen LogP contribution in [0.5, 0.6) is 0 Å². The Hall–Kier alpha value is -4.10. The van der Waals surface area contributed by atoms with Crippen molar-refractivity contribution in [3.05, 3.63) is 100 Å². The molecule has 194 valence electrons. The van der Waals surface area contributed by atoms with Crippen molar-refractivity contribution < 1.29 is 9.59 Å². The maximum absolute atomic E-state index is 13.6. The number of likely N-dealkylation sites (N-methyl/N-ethyl adjacent to an activating group) is 1. The number of fused-ring (bicyclic) bond motifs is 3. The number of rotatable bonds is 6. The number of nitrogens with zero attached hydrogens (tertiary/aromatic N) is 2. The Kier molecular flexibility index (Phi) is 5.70. The Balaban J connectivity index is 1.29. The maximum Gasteiger partial charge on any atom is 0.261 e. The molecule has 7 heteroatoms. The molecule has 0 spiro atoms. The Morgan fingerprint density at radius 1 is 0.923 bits per heavy atom. The summed E-state index contributed by atoms with van der Waals surface area (Å²) in [6.07, 6.45) is 5.98. The van der Waals surface area contributed by atoms with Crippen LogP contribution < -0.4 is 5.32 Å². The lowest BCUT2D eigenvalue weighted by atomic mass is 9.95. The van der Waals surface area contributed by atoms with Gasteiger partial charge < -0.3 is 14.9 Å². The van der Waals surface area contributed by atoms with Crippen molar-refractivity contribution in [3.63, 3.8) is 0 Å². The van der Waals surface area contributed by atoms with Gasteiger partial charge in [-0.15, -0.1) is 0 Å². The van der Waals surface area contributed by atoms with Gasteiger partial charge in [-0.25, -0.2) is 0 Å². The molecular formula is C32H27BrN4O2. The zero-order valence-electron chi connectivity index (χ0n) is 21.5. The molecular weight excluding hydrogens is 552 g/mol. The standard InChI is InChI=1S/C32H27BrN4O2/c1-36-31(38)29(24-17-35-27-13-12-20(33)15-23(24)27)30(32(36)39)25-18-37(28-11-5-3-9-22(25)28)14-6-7-19-16-34-26-10-4-2-8-21(19)26/h2-5,8-13,15,17-19,34-35H,6-7,14,16H2,1H3. The molecule has 2 N–H and O–H groups in total. The van der Waals surface area contributed by atoms with Crippen LogP contribution in [0.4, 0.5) is 5.69 Å². The van der Waals surface area contributed by atoms with Crippen molar-refractivity contribution in [1.29, 1.82) is 0 Å². The highest BCUT2D eigenvalue weighted by atomic mass is 79.9. The molecule has 0 aliphatic carbocycles. The third-order valence-corrected chi connectivity index (χ3v) is 8.64. The van der Waals surface area contributed by atoms with E-state index in [4.69, 9.17) is 0 Å². The fraction of sp³-hybridized carbons (Fsp3) is 0.188. The van der Waals surface area contributed by atoms with Crippen molar-refractivity contribution in [2.45, 2.75) is 25.3 Å². The van der Waals surface area contributed by atoms with Gasteiger partial charge in [-0.1, -0.05) is 52.3 Å². The van der Waals surface area contributed by atoms with Crippen LogP contribution in [0.3, 0.4) is 0 Å². The average molecular weight is 579 g/mol. The van der Waals surface area contributed by atoms with Gasteiger partial charge in [0, 0.05) is 81.5 Å². The summed E-state index contributed by atoms with van der Waals surface area (Å²) in [5.74, 6) is -0.0447. The number of benzene rings is 3. The van der Waals surface area contributed by atoms with Crippen LogP contribution in [0.15, 0.2) is 83.6 Å². The maximum atomic E-state index is 13.6. The minimum Gasteiger partial charge on any atom is -0.384 e. The van der Waals surface area contributed by atoms with Gasteiger partial charge in [0.05, 0.1) is 11.1 Å². The van der Waals surface area contributed by atoms with Crippen LogP contribution in [0, 0.1) is 0 Å². The first-order valence-electron chi connectivity index (χ1n) is 13.3. The first kappa shape index (κ1) is 24.0. The molecule has 4 heterocycles. The number of hydrogen-bond donors (Lipinski definition) is 2. The van der Waals surface area contributed by atoms with Crippen LogP contribution >= 0.6 is 15.9 Å². The van der Waals surface area contributed by atoms with Crippen molar-refractivity contribution in [2.24, 2.45) is 0 Å². The zero-order valence-corrected chi connectivity index (χ0v) is 23.1. The average Bonchev–Trinajstić information content (AvgIpc) is 3.70. The van der Waals surface area contributed by atoms with E-state index >= 15 is 0 Å². The number of nitrogens with one attached hydrogen (secondary N) is 2. The van der Waals surface area contributed by atoms with Crippen LogP contribution in [0.25, 0.3) is 33.0 Å². The fourth-order valence-corrected chi connectivity index (χ4v) is 6.56. The van der Waals surface area contributed by atoms with Gasteiger partial charge in [-0.05, 0) is 48.7 Å². The molecule has 0 radical (unpaired) electrons. The third-order valence-electron chi connectivity index (χ3n) is 8.15. The number of aromatic nitrogens is 2. The predicted molar refractivity (Wildman–Crippen MR) is 159 cm³/mol. The van der Waals surface area contributed by atoms with Gasteiger partial charge in [0.2, 0.25) is 0 Å². The van der Waals surface area contributed by atoms with Crippen molar-refractivity contribution in [2.75, 3.05) is 18.9 Å². The summed E-state index contributed by atoms with van der Waals surface area (Å²) in [5, 5.41) is 5.41. The zero-order chi connectivity index (χ0) is 26.7. The predicted octanol–water partition coefficient (Wildman–Crippen LogP) is 6.78. The molecule has 2 aromatic heterocycles. The molecule has 2 aliphatic rings. The highest BCUT2D eigenvalue weighted by Crippen LogP contribution is 2.41. The van der Waals surface area contributed by atoms with Crippen molar-refractivity contribution >= 4 is 66.4 Å². The summed E-state index contributed by atoms with van der Waals surface area (Å²) in [7, 11) is 1.56. The molecule has 6 nitrogen and oxygen atoms in total. The first-order valence-corrected chi connectivity index (χ1v) is 14.1. The number of imide groups is 1. The van der Waals surface area contributed by atoms with Crippen LogP contribution in [0.2, 0.25) is 0 Å². The van der Waals surface area contributed by atoms with Gasteiger partial charge in [0.15, 0.2) is 0 Å². The van der Waals surface area contributed by atoms with Crippen molar-refractivity contribution in [3.8, 4) is 0 Å². The normalized spacial score (nSPS) is 17.1. The molecule has 2 aliphatic heterocycles. The molecule has 1 unspecified atom stereocenters. The molecule has 1 atom stereocenters. The second-order valence-electron chi connectivity index (χ2n) is 10.4. The van der Waals surface area contributed by atoms with E-state index in [1.165, 1.54) is 16.2 Å². The number of anilines is 1.